The molecule has 0 spiro atoms. The molecule has 1 aliphatic rings. The second-order valence-corrected chi connectivity index (χ2v) is 9.75. The van der Waals surface area contributed by atoms with E-state index in [9.17, 15) is 5.26 Å². The summed E-state index contributed by atoms with van der Waals surface area (Å²) >= 11 is 12.4. The molecule has 5 rings (SSSR count). The molecule has 3 aromatic heterocycles. The van der Waals surface area contributed by atoms with E-state index in [2.05, 4.69) is 36.0 Å². The predicted octanol–water partition coefficient (Wildman–Crippen LogP) is 4.37. The molecule has 1 unspecified atom stereocenters. The number of nitrogens with zero attached hydrogens (tertiary/aromatic N) is 6. The first-order chi connectivity index (χ1) is 17.4. The van der Waals surface area contributed by atoms with Crippen LogP contribution < -0.4 is 15.4 Å². The van der Waals surface area contributed by atoms with E-state index >= 15 is 0 Å². The summed E-state index contributed by atoms with van der Waals surface area (Å²) in [7, 11) is 4.10. The second-order valence-electron chi connectivity index (χ2n) is 8.94. The standard InChI is InChI=1S/C25H24Cl2N8O/c1-34(2)13-16-5-6-35(16)25-14(9-28)7-15(10-31-25)23-18-8-17(3-4-21(18)32-33-23)36-24(29)22-19(26)11-30-12-20(22)27/h3-4,7-8,10-12,16,24H,5-6,13,29H2,1-2H3,(H,32,33)/t16?,24-/m0/s1. The normalized spacial score (nSPS) is 16.1. The van der Waals surface area contributed by atoms with Crippen LogP contribution in [0.2, 0.25) is 10.0 Å². The van der Waals surface area contributed by atoms with Gasteiger partial charge in [-0.1, -0.05) is 23.2 Å². The van der Waals surface area contributed by atoms with Crippen molar-refractivity contribution in [1.29, 1.82) is 5.26 Å². The van der Waals surface area contributed by atoms with Gasteiger partial charge in [-0.05, 0) is 44.8 Å². The first-order valence-corrected chi connectivity index (χ1v) is 12.1. The average Bonchev–Trinajstić information content (AvgIpc) is 3.25. The number of benzene rings is 1. The molecule has 0 amide bonds. The summed E-state index contributed by atoms with van der Waals surface area (Å²) in [6.45, 7) is 1.80. The molecule has 0 radical (unpaired) electrons. The van der Waals surface area contributed by atoms with Gasteiger partial charge >= 0.3 is 0 Å². The van der Waals surface area contributed by atoms with Crippen molar-refractivity contribution >= 4 is 39.9 Å². The molecule has 1 aliphatic heterocycles. The molecule has 0 bridgehead atoms. The van der Waals surface area contributed by atoms with Crippen LogP contribution in [-0.2, 0) is 0 Å². The Morgan fingerprint density at radius 1 is 1.25 bits per heavy atom. The lowest BCUT2D eigenvalue weighted by molar-refractivity contribution is 0.214. The molecule has 1 aromatic carbocycles. The highest BCUT2D eigenvalue weighted by Crippen LogP contribution is 2.35. The Morgan fingerprint density at radius 2 is 2.03 bits per heavy atom. The molecule has 11 heteroatoms. The zero-order valence-electron chi connectivity index (χ0n) is 19.7. The number of anilines is 1. The molecule has 1 saturated heterocycles. The number of ether oxygens (including phenoxy) is 1. The number of fused-ring (bicyclic) bond motifs is 1. The lowest BCUT2D eigenvalue weighted by atomic mass is 10.0. The summed E-state index contributed by atoms with van der Waals surface area (Å²) in [4.78, 5) is 13.0. The number of hydrogen-bond donors (Lipinski definition) is 2. The average molecular weight is 523 g/mol. The van der Waals surface area contributed by atoms with Gasteiger partial charge in [-0.25, -0.2) is 4.98 Å². The number of likely N-dealkylation sites (N-methyl/N-ethyl adjacent to an activating group) is 1. The van der Waals surface area contributed by atoms with Gasteiger partial charge in [0.05, 0.1) is 21.1 Å². The molecule has 36 heavy (non-hydrogen) atoms. The molecule has 3 N–H and O–H groups in total. The van der Waals surface area contributed by atoms with Gasteiger partial charge in [0.2, 0.25) is 0 Å². The maximum Gasteiger partial charge on any atom is 0.177 e. The fraction of sp³-hybridized carbons (Fsp3) is 0.280. The quantitative estimate of drug-likeness (QED) is 0.343. The Balaban J connectivity index is 1.45. The smallest absolute Gasteiger partial charge is 0.177 e. The van der Waals surface area contributed by atoms with E-state index in [1.807, 2.05) is 32.3 Å². The lowest BCUT2D eigenvalue weighted by Crippen LogP contribution is -2.53. The number of rotatable bonds is 7. The van der Waals surface area contributed by atoms with E-state index in [1.54, 1.807) is 12.3 Å². The van der Waals surface area contributed by atoms with Crippen molar-refractivity contribution in [2.24, 2.45) is 5.73 Å². The molecule has 4 aromatic rings. The van der Waals surface area contributed by atoms with E-state index < -0.39 is 6.23 Å². The highest BCUT2D eigenvalue weighted by Gasteiger charge is 2.31. The van der Waals surface area contributed by atoms with Crippen molar-refractivity contribution in [3.8, 4) is 23.1 Å². The van der Waals surface area contributed by atoms with Crippen LogP contribution in [0.1, 0.15) is 23.8 Å². The number of nitrogens with one attached hydrogen (secondary N) is 1. The summed E-state index contributed by atoms with van der Waals surface area (Å²) in [6, 6.07) is 9.95. The molecule has 1 fully saturated rings. The van der Waals surface area contributed by atoms with Gasteiger partial charge in [0, 0.05) is 54.2 Å². The van der Waals surface area contributed by atoms with Crippen molar-refractivity contribution in [2.45, 2.75) is 18.7 Å². The van der Waals surface area contributed by atoms with Gasteiger partial charge in [-0.15, -0.1) is 0 Å². The highest BCUT2D eigenvalue weighted by molar-refractivity contribution is 6.35. The Bertz CT molecular complexity index is 1440. The molecule has 2 atom stereocenters. The van der Waals surface area contributed by atoms with E-state index in [1.165, 1.54) is 12.4 Å². The molecule has 4 heterocycles. The Hall–Kier alpha value is -3.42. The third-order valence-corrected chi connectivity index (χ3v) is 6.83. The number of nitrogens with two attached hydrogens (primary N) is 1. The topological polar surface area (TPSA) is 120 Å². The van der Waals surface area contributed by atoms with Gasteiger partial charge < -0.3 is 14.5 Å². The second kappa shape index (κ2) is 9.91. The minimum Gasteiger partial charge on any atom is -0.471 e. The zero-order chi connectivity index (χ0) is 25.4. The largest absolute Gasteiger partial charge is 0.471 e. The van der Waals surface area contributed by atoms with Crippen LogP contribution >= 0.6 is 23.2 Å². The Labute approximate surface area is 218 Å². The number of aromatic amines is 1. The van der Waals surface area contributed by atoms with Gasteiger partial charge in [-0.2, -0.15) is 10.4 Å². The number of nitriles is 1. The molecular weight excluding hydrogens is 499 g/mol. The van der Waals surface area contributed by atoms with Crippen LogP contribution in [0, 0.1) is 11.3 Å². The highest BCUT2D eigenvalue weighted by atomic mass is 35.5. The van der Waals surface area contributed by atoms with E-state index in [4.69, 9.17) is 33.7 Å². The molecule has 0 aliphatic carbocycles. The van der Waals surface area contributed by atoms with Crippen LogP contribution in [-0.4, -0.2) is 58.3 Å². The first-order valence-electron chi connectivity index (χ1n) is 11.4. The van der Waals surface area contributed by atoms with Gasteiger partial charge in [0.25, 0.3) is 0 Å². The Morgan fingerprint density at radius 3 is 2.69 bits per heavy atom. The van der Waals surface area contributed by atoms with Gasteiger partial charge in [0.1, 0.15) is 23.3 Å². The molecule has 9 nitrogen and oxygen atoms in total. The summed E-state index contributed by atoms with van der Waals surface area (Å²) < 4.78 is 5.95. The summed E-state index contributed by atoms with van der Waals surface area (Å²) in [5.41, 5.74) is 9.41. The van der Waals surface area contributed by atoms with Gasteiger partial charge in [0.15, 0.2) is 6.23 Å². The van der Waals surface area contributed by atoms with E-state index in [0.29, 0.717) is 44.5 Å². The number of aromatic nitrogens is 4. The predicted molar refractivity (Wildman–Crippen MR) is 140 cm³/mol. The maximum absolute atomic E-state index is 9.87. The monoisotopic (exact) mass is 522 g/mol. The van der Waals surface area contributed by atoms with Crippen LogP contribution in [0.25, 0.3) is 22.2 Å². The van der Waals surface area contributed by atoms with Crippen LogP contribution in [0.3, 0.4) is 0 Å². The summed E-state index contributed by atoms with van der Waals surface area (Å²) in [5, 5.41) is 18.8. The van der Waals surface area contributed by atoms with Crippen LogP contribution in [0.5, 0.6) is 5.75 Å². The summed E-state index contributed by atoms with van der Waals surface area (Å²) in [6.07, 6.45) is 4.88. The van der Waals surface area contributed by atoms with Gasteiger partial charge in [-0.3, -0.25) is 15.8 Å². The van der Waals surface area contributed by atoms with Crippen molar-refractivity contribution in [1.82, 2.24) is 25.1 Å². The van der Waals surface area contributed by atoms with Crippen molar-refractivity contribution < 1.29 is 4.74 Å². The first kappa shape index (κ1) is 24.3. The van der Waals surface area contributed by atoms with E-state index in [-0.39, 0.29) is 0 Å². The number of halogens is 2. The zero-order valence-corrected chi connectivity index (χ0v) is 21.3. The minimum absolute atomic E-state index is 0.324. The SMILES string of the molecule is CN(C)CC1CCN1c1ncc(-c2n[nH]c3ccc(O[C@H](N)c4c(Cl)cncc4Cl)cc23)cc1C#N. The third-order valence-electron chi connectivity index (χ3n) is 6.22. The lowest BCUT2D eigenvalue weighted by Gasteiger charge is -2.43. The molecular formula is C25H24Cl2N8O. The van der Waals surface area contributed by atoms with Crippen molar-refractivity contribution in [3.63, 3.8) is 0 Å². The number of hydrogen-bond acceptors (Lipinski definition) is 8. The number of pyridine rings is 2. The van der Waals surface area contributed by atoms with Crippen molar-refractivity contribution in [2.75, 3.05) is 32.1 Å². The van der Waals surface area contributed by atoms with Crippen molar-refractivity contribution in [3.05, 3.63) is 64.0 Å². The molecule has 184 valence electrons. The third kappa shape index (κ3) is 4.56. The maximum atomic E-state index is 9.87. The number of H-pyrrole nitrogens is 1. The molecule has 0 saturated carbocycles. The summed E-state index contributed by atoms with van der Waals surface area (Å²) in [5.74, 6) is 1.22. The van der Waals surface area contributed by atoms with Crippen LogP contribution in [0.15, 0.2) is 42.9 Å². The Kier molecular flexibility index (Phi) is 6.69. The minimum atomic E-state index is -0.890. The fourth-order valence-corrected chi connectivity index (χ4v) is 4.99. The fourth-order valence-electron chi connectivity index (χ4n) is 4.41. The van der Waals surface area contributed by atoms with Crippen LogP contribution in [0.4, 0.5) is 5.82 Å². The van der Waals surface area contributed by atoms with E-state index in [0.717, 1.165) is 36.0 Å².